The Labute approximate surface area is 108 Å². The Hall–Kier alpha value is -1.87. The third kappa shape index (κ3) is 3.31. The molecule has 94 valence electrons. The first-order chi connectivity index (χ1) is 8.77. The number of anilines is 1. The highest BCUT2D eigenvalue weighted by molar-refractivity contribution is 5.38. The molecule has 3 nitrogen and oxygen atoms in total. The summed E-state index contributed by atoms with van der Waals surface area (Å²) < 4.78 is 0. The predicted molar refractivity (Wildman–Crippen MR) is 75.0 cm³/mol. The van der Waals surface area contributed by atoms with Gasteiger partial charge in [-0.3, -0.25) is 0 Å². The summed E-state index contributed by atoms with van der Waals surface area (Å²) in [7, 11) is 0. The van der Waals surface area contributed by atoms with Gasteiger partial charge in [-0.15, -0.1) is 0 Å². The fraction of sp³-hybridized carbons (Fsp3) is 0.267. The highest BCUT2D eigenvalue weighted by Gasteiger charge is 2.06. The zero-order valence-corrected chi connectivity index (χ0v) is 10.4. The number of aryl methyl sites for hydroxylation is 1. The minimum atomic E-state index is 0.101. The average Bonchev–Trinajstić information content (AvgIpc) is 2.42. The molecule has 0 bridgehead atoms. The molecular weight excluding hydrogens is 222 g/mol. The normalized spacial score (nSPS) is 12.3. The summed E-state index contributed by atoms with van der Waals surface area (Å²) in [6, 6.07) is 14.2. The third-order valence-corrected chi connectivity index (χ3v) is 3.12. The van der Waals surface area contributed by atoms with Crippen LogP contribution in [0, 0.1) is 0 Å². The standard InChI is InChI=1S/C15H19N3/c16-14(12-6-2-1-3-7-12)10-4-8-13-9-5-11-18-15(13)17/h1-3,5-7,9,11,14H,4,8,10,16H2,(H2,17,18). The Morgan fingerprint density at radius 1 is 1.06 bits per heavy atom. The number of hydrogen-bond acceptors (Lipinski definition) is 3. The molecule has 0 fully saturated rings. The van der Waals surface area contributed by atoms with Crippen molar-refractivity contribution in [1.82, 2.24) is 4.98 Å². The highest BCUT2D eigenvalue weighted by atomic mass is 14.8. The SMILES string of the molecule is Nc1ncccc1CCCC(N)c1ccccc1. The lowest BCUT2D eigenvalue weighted by Gasteiger charge is -2.12. The van der Waals surface area contributed by atoms with E-state index >= 15 is 0 Å². The highest BCUT2D eigenvalue weighted by Crippen LogP contribution is 2.18. The molecule has 1 unspecified atom stereocenters. The van der Waals surface area contributed by atoms with Gasteiger partial charge in [0.2, 0.25) is 0 Å². The average molecular weight is 241 g/mol. The molecule has 0 amide bonds. The summed E-state index contributed by atoms with van der Waals surface area (Å²) >= 11 is 0. The van der Waals surface area contributed by atoms with Crippen molar-refractivity contribution in [3.05, 3.63) is 59.8 Å². The number of aromatic nitrogens is 1. The number of benzene rings is 1. The molecule has 1 aromatic heterocycles. The largest absolute Gasteiger partial charge is 0.383 e. The quantitative estimate of drug-likeness (QED) is 0.845. The van der Waals surface area contributed by atoms with Gasteiger partial charge in [0.15, 0.2) is 0 Å². The van der Waals surface area contributed by atoms with Crippen LogP contribution in [0.25, 0.3) is 0 Å². The summed E-state index contributed by atoms with van der Waals surface area (Å²) in [6.45, 7) is 0. The van der Waals surface area contributed by atoms with Gasteiger partial charge >= 0.3 is 0 Å². The Morgan fingerprint density at radius 2 is 1.83 bits per heavy atom. The second kappa shape index (κ2) is 6.17. The van der Waals surface area contributed by atoms with Crippen molar-refractivity contribution in [1.29, 1.82) is 0 Å². The van der Waals surface area contributed by atoms with Crippen LogP contribution < -0.4 is 11.5 Å². The van der Waals surface area contributed by atoms with Crippen LogP contribution in [0.5, 0.6) is 0 Å². The Balaban J connectivity index is 1.84. The lowest BCUT2D eigenvalue weighted by atomic mass is 10.00. The summed E-state index contributed by atoms with van der Waals surface area (Å²) in [5.74, 6) is 0.630. The number of pyridine rings is 1. The zero-order chi connectivity index (χ0) is 12.8. The van der Waals surface area contributed by atoms with Crippen LogP contribution in [0.15, 0.2) is 48.7 Å². The van der Waals surface area contributed by atoms with Crippen molar-refractivity contribution >= 4 is 5.82 Å². The van der Waals surface area contributed by atoms with Gasteiger partial charge in [-0.05, 0) is 36.5 Å². The lowest BCUT2D eigenvalue weighted by molar-refractivity contribution is 0.611. The van der Waals surface area contributed by atoms with Crippen LogP contribution in [-0.2, 0) is 6.42 Å². The molecule has 0 aliphatic rings. The molecule has 18 heavy (non-hydrogen) atoms. The van der Waals surface area contributed by atoms with Gasteiger partial charge in [-0.25, -0.2) is 4.98 Å². The molecule has 3 heteroatoms. The monoisotopic (exact) mass is 241 g/mol. The zero-order valence-electron chi connectivity index (χ0n) is 10.4. The maximum Gasteiger partial charge on any atom is 0.126 e. The van der Waals surface area contributed by atoms with Gasteiger partial charge < -0.3 is 11.5 Å². The molecule has 4 N–H and O–H groups in total. The second-order valence-corrected chi connectivity index (χ2v) is 4.46. The third-order valence-electron chi connectivity index (χ3n) is 3.12. The lowest BCUT2D eigenvalue weighted by Crippen LogP contribution is -2.10. The molecule has 0 spiro atoms. The fourth-order valence-corrected chi connectivity index (χ4v) is 2.04. The second-order valence-electron chi connectivity index (χ2n) is 4.46. The van der Waals surface area contributed by atoms with Gasteiger partial charge in [-0.2, -0.15) is 0 Å². The number of rotatable bonds is 5. The van der Waals surface area contributed by atoms with Gasteiger partial charge in [-0.1, -0.05) is 36.4 Å². The topological polar surface area (TPSA) is 64.9 Å². The van der Waals surface area contributed by atoms with Gasteiger partial charge in [0.1, 0.15) is 5.82 Å². The maximum atomic E-state index is 6.15. The summed E-state index contributed by atoms with van der Waals surface area (Å²) in [4.78, 5) is 4.08. The van der Waals surface area contributed by atoms with Crippen molar-refractivity contribution in [3.63, 3.8) is 0 Å². The van der Waals surface area contributed by atoms with Crippen LogP contribution in [0.4, 0.5) is 5.82 Å². The smallest absolute Gasteiger partial charge is 0.126 e. The minimum absolute atomic E-state index is 0.101. The van der Waals surface area contributed by atoms with Crippen molar-refractivity contribution in [3.8, 4) is 0 Å². The maximum absolute atomic E-state index is 6.15. The Morgan fingerprint density at radius 3 is 2.56 bits per heavy atom. The number of hydrogen-bond donors (Lipinski definition) is 2. The fourth-order valence-electron chi connectivity index (χ4n) is 2.04. The van der Waals surface area contributed by atoms with Crippen molar-refractivity contribution in [2.75, 3.05) is 5.73 Å². The van der Waals surface area contributed by atoms with E-state index in [2.05, 4.69) is 17.1 Å². The summed E-state index contributed by atoms with van der Waals surface area (Å²) in [6.07, 6.45) is 4.62. The molecule has 0 aliphatic carbocycles. The van der Waals surface area contributed by atoms with E-state index < -0.39 is 0 Å². The molecule has 0 saturated carbocycles. The van der Waals surface area contributed by atoms with Crippen LogP contribution in [0.1, 0.15) is 30.0 Å². The Kier molecular flexibility index (Phi) is 4.31. The summed E-state index contributed by atoms with van der Waals surface area (Å²) in [5.41, 5.74) is 14.3. The van der Waals surface area contributed by atoms with Crippen LogP contribution in [0.3, 0.4) is 0 Å². The minimum Gasteiger partial charge on any atom is -0.383 e. The molecule has 1 atom stereocenters. The molecule has 1 aromatic carbocycles. The van der Waals surface area contributed by atoms with E-state index in [0.717, 1.165) is 24.8 Å². The predicted octanol–water partition coefficient (Wildman–Crippen LogP) is 2.69. The van der Waals surface area contributed by atoms with Crippen molar-refractivity contribution < 1.29 is 0 Å². The van der Waals surface area contributed by atoms with E-state index in [1.165, 1.54) is 5.56 Å². The van der Waals surface area contributed by atoms with Crippen LogP contribution in [0.2, 0.25) is 0 Å². The van der Waals surface area contributed by atoms with Crippen molar-refractivity contribution in [2.24, 2.45) is 5.73 Å². The molecular formula is C15H19N3. The Bertz CT molecular complexity index is 482. The molecule has 0 saturated heterocycles. The summed E-state index contributed by atoms with van der Waals surface area (Å²) in [5, 5.41) is 0. The van der Waals surface area contributed by atoms with Gasteiger partial charge in [0, 0.05) is 12.2 Å². The number of nitrogen functional groups attached to an aromatic ring is 1. The van der Waals surface area contributed by atoms with E-state index in [4.69, 9.17) is 11.5 Å². The van der Waals surface area contributed by atoms with E-state index in [9.17, 15) is 0 Å². The molecule has 0 aliphatic heterocycles. The first kappa shape index (κ1) is 12.6. The molecule has 2 aromatic rings. The first-order valence-corrected chi connectivity index (χ1v) is 6.27. The molecule has 1 heterocycles. The van der Waals surface area contributed by atoms with Crippen LogP contribution >= 0.6 is 0 Å². The van der Waals surface area contributed by atoms with Crippen LogP contribution in [-0.4, -0.2) is 4.98 Å². The number of nitrogens with zero attached hydrogens (tertiary/aromatic N) is 1. The van der Waals surface area contributed by atoms with E-state index in [1.54, 1.807) is 6.20 Å². The van der Waals surface area contributed by atoms with Crippen molar-refractivity contribution in [2.45, 2.75) is 25.3 Å². The van der Waals surface area contributed by atoms with E-state index in [-0.39, 0.29) is 6.04 Å². The van der Waals surface area contributed by atoms with E-state index in [1.807, 2.05) is 30.3 Å². The molecule has 0 radical (unpaired) electrons. The van der Waals surface area contributed by atoms with E-state index in [0.29, 0.717) is 5.82 Å². The molecule has 2 rings (SSSR count). The number of nitrogens with two attached hydrogens (primary N) is 2. The van der Waals surface area contributed by atoms with Gasteiger partial charge in [0.25, 0.3) is 0 Å². The first-order valence-electron chi connectivity index (χ1n) is 6.27. The van der Waals surface area contributed by atoms with Gasteiger partial charge in [0.05, 0.1) is 0 Å².